The minimum atomic E-state index is -1.14. The summed E-state index contributed by atoms with van der Waals surface area (Å²) in [5, 5.41) is 21.3. The fourth-order valence-electron chi connectivity index (χ4n) is 0.469. The Hall–Kier alpha value is -1.59. The Bertz CT molecular complexity index is 261. The van der Waals surface area contributed by atoms with Gasteiger partial charge in [0.25, 0.3) is 0 Å². The molecule has 0 aromatic carbocycles. The average Bonchev–Trinajstić information content (AvgIpc) is 1.88. The third-order valence-corrected chi connectivity index (χ3v) is 0.925. The highest BCUT2D eigenvalue weighted by Gasteiger charge is 2.09. The summed E-state index contributed by atoms with van der Waals surface area (Å²) in [6, 6.07) is 0. The van der Waals surface area contributed by atoms with E-state index < -0.39 is 5.97 Å². The van der Waals surface area contributed by atoms with Gasteiger partial charge < -0.3 is 5.11 Å². The van der Waals surface area contributed by atoms with Crippen LogP contribution in [0.3, 0.4) is 0 Å². The fraction of sp³-hybridized carbons (Fsp3) is 0.250. The van der Waals surface area contributed by atoms with Crippen molar-refractivity contribution in [2.75, 3.05) is 0 Å². The molecule has 0 fully saturated rings. The molecule has 0 saturated carbocycles. The van der Waals surface area contributed by atoms with Crippen molar-refractivity contribution in [2.24, 2.45) is 0 Å². The van der Waals surface area contributed by atoms with Gasteiger partial charge in [0.1, 0.15) is 0 Å². The second-order valence-corrected chi connectivity index (χ2v) is 1.62. The molecule has 0 radical (unpaired) electrons. The van der Waals surface area contributed by atoms with Crippen molar-refractivity contribution in [1.82, 2.24) is 20.6 Å². The monoisotopic (exact) mass is 140 g/mol. The minimum Gasteiger partial charge on any atom is -0.476 e. The molecule has 1 aromatic rings. The normalized spacial score (nSPS) is 9.30. The Labute approximate surface area is 55.9 Å². The van der Waals surface area contributed by atoms with Crippen LogP contribution >= 0.6 is 0 Å². The van der Waals surface area contributed by atoms with Crippen molar-refractivity contribution in [2.45, 2.75) is 6.92 Å². The molecule has 1 N–H and O–H groups in total. The van der Waals surface area contributed by atoms with Crippen LogP contribution in [0.15, 0.2) is 0 Å². The second kappa shape index (κ2) is 2.34. The van der Waals surface area contributed by atoms with Gasteiger partial charge >= 0.3 is 5.97 Å². The van der Waals surface area contributed by atoms with E-state index in [9.17, 15) is 4.79 Å². The van der Waals surface area contributed by atoms with Gasteiger partial charge in [-0.2, -0.15) is 0 Å². The Kier molecular flexibility index (Phi) is 1.53. The lowest BCUT2D eigenvalue weighted by atomic mass is 10.3. The molecule has 0 aliphatic carbocycles. The summed E-state index contributed by atoms with van der Waals surface area (Å²) in [5.41, 5.74) is 0.109. The van der Waals surface area contributed by atoms with Gasteiger partial charge in [-0.25, -0.2) is 4.79 Å². The molecule has 0 aliphatic heterocycles. The lowest BCUT2D eigenvalue weighted by molar-refractivity contribution is 0.0686. The highest BCUT2D eigenvalue weighted by Crippen LogP contribution is 1.94. The summed E-state index contributed by atoms with van der Waals surface area (Å²) >= 11 is 0. The van der Waals surface area contributed by atoms with E-state index in [4.69, 9.17) is 5.11 Å². The van der Waals surface area contributed by atoms with Crippen molar-refractivity contribution in [3.8, 4) is 0 Å². The van der Waals surface area contributed by atoms with Crippen molar-refractivity contribution < 1.29 is 9.90 Å². The Morgan fingerprint density at radius 2 is 2.00 bits per heavy atom. The number of nitrogens with zero attached hydrogens (tertiary/aromatic N) is 4. The molecule has 0 atom stereocenters. The van der Waals surface area contributed by atoms with E-state index >= 15 is 0 Å². The molecule has 1 heterocycles. The van der Waals surface area contributed by atoms with E-state index in [1.807, 2.05) is 0 Å². The first-order valence-corrected chi connectivity index (χ1v) is 2.47. The molecule has 6 heteroatoms. The summed E-state index contributed by atoms with van der Waals surface area (Å²) in [6.45, 7) is 1.51. The molecule has 1 rings (SSSR count). The third-order valence-electron chi connectivity index (χ3n) is 0.925. The van der Waals surface area contributed by atoms with Gasteiger partial charge in [0.2, 0.25) is 0 Å². The van der Waals surface area contributed by atoms with Crippen LogP contribution in [-0.2, 0) is 0 Å². The predicted molar refractivity (Wildman–Crippen MR) is 29.3 cm³/mol. The van der Waals surface area contributed by atoms with Crippen molar-refractivity contribution >= 4 is 5.97 Å². The molecule has 0 amide bonds. The molecule has 0 unspecified atom stereocenters. The molecular weight excluding hydrogens is 136 g/mol. The van der Waals surface area contributed by atoms with Crippen molar-refractivity contribution in [1.29, 1.82) is 0 Å². The number of carboxylic acid groups (broad SMARTS) is 1. The van der Waals surface area contributed by atoms with Crippen LogP contribution in [-0.4, -0.2) is 31.7 Å². The maximum Gasteiger partial charge on any atom is 0.358 e. The third kappa shape index (κ3) is 1.04. The summed E-state index contributed by atoms with van der Waals surface area (Å²) in [4.78, 5) is 10.3. The molecule has 0 aliphatic rings. The number of carbonyl (C=O) groups is 1. The van der Waals surface area contributed by atoms with Crippen molar-refractivity contribution in [3.63, 3.8) is 0 Å². The maximum atomic E-state index is 10.3. The SMILES string of the molecule is Cc1nnnnc1C(=O)O. The number of aryl methyl sites for hydroxylation is 1. The summed E-state index contributed by atoms with van der Waals surface area (Å²) in [7, 11) is 0. The first kappa shape index (κ1) is 6.53. The van der Waals surface area contributed by atoms with E-state index in [0.29, 0.717) is 0 Å². The van der Waals surface area contributed by atoms with E-state index in [1.165, 1.54) is 6.92 Å². The highest BCUT2D eigenvalue weighted by atomic mass is 16.4. The minimum absolute atomic E-state index is 0.157. The van der Waals surface area contributed by atoms with E-state index in [1.54, 1.807) is 0 Å². The van der Waals surface area contributed by atoms with E-state index in [0.717, 1.165) is 0 Å². The molecule has 10 heavy (non-hydrogen) atoms. The van der Waals surface area contributed by atoms with Gasteiger partial charge in [-0.3, -0.25) is 0 Å². The van der Waals surface area contributed by atoms with Crippen LogP contribution in [0.25, 0.3) is 0 Å². The van der Waals surface area contributed by atoms with Gasteiger partial charge in [0.05, 0.1) is 5.69 Å². The van der Waals surface area contributed by atoms with Crippen LogP contribution in [0.1, 0.15) is 16.2 Å². The quantitative estimate of drug-likeness (QED) is 0.553. The first-order valence-electron chi connectivity index (χ1n) is 2.47. The number of aromatic nitrogens is 4. The van der Waals surface area contributed by atoms with Gasteiger partial charge in [-0.1, -0.05) is 0 Å². The summed E-state index contributed by atoms with van der Waals surface area (Å²) in [5.74, 6) is -1.14. The Morgan fingerprint density at radius 3 is 2.40 bits per heavy atom. The number of hydrogen-bond acceptors (Lipinski definition) is 5. The Balaban J connectivity index is 3.15. The lowest BCUT2D eigenvalue weighted by Gasteiger charge is -1.91. The number of hydrogen-bond donors (Lipinski definition) is 1. The first-order chi connectivity index (χ1) is 4.72. The van der Waals surface area contributed by atoms with Crippen LogP contribution in [0, 0.1) is 6.92 Å². The van der Waals surface area contributed by atoms with Crippen LogP contribution < -0.4 is 0 Å². The molecule has 0 saturated heterocycles. The standard InChI is InChI=1S/C4H4N4O2/c1-2-3(4(9)10)6-8-7-5-2/h1H3,(H,9,10). The smallest absolute Gasteiger partial charge is 0.358 e. The van der Waals surface area contributed by atoms with Crippen molar-refractivity contribution in [3.05, 3.63) is 11.4 Å². The zero-order chi connectivity index (χ0) is 7.56. The second-order valence-electron chi connectivity index (χ2n) is 1.62. The molecule has 6 nitrogen and oxygen atoms in total. The molecule has 0 spiro atoms. The molecular formula is C4H4N4O2. The average molecular weight is 140 g/mol. The van der Waals surface area contributed by atoms with Crippen LogP contribution in [0.4, 0.5) is 0 Å². The highest BCUT2D eigenvalue weighted by molar-refractivity contribution is 5.85. The molecule has 52 valence electrons. The van der Waals surface area contributed by atoms with Gasteiger partial charge in [-0.15, -0.1) is 10.2 Å². The van der Waals surface area contributed by atoms with E-state index in [2.05, 4.69) is 20.6 Å². The topological polar surface area (TPSA) is 88.9 Å². The zero-order valence-corrected chi connectivity index (χ0v) is 5.14. The molecule has 1 aromatic heterocycles. The summed E-state index contributed by atoms with van der Waals surface area (Å²) in [6.07, 6.45) is 0. The van der Waals surface area contributed by atoms with Gasteiger partial charge in [-0.05, 0) is 17.4 Å². The zero-order valence-electron chi connectivity index (χ0n) is 5.14. The number of rotatable bonds is 1. The number of aromatic carboxylic acids is 1. The largest absolute Gasteiger partial charge is 0.476 e. The summed E-state index contributed by atoms with van der Waals surface area (Å²) < 4.78 is 0. The van der Waals surface area contributed by atoms with Gasteiger partial charge in [0, 0.05) is 0 Å². The maximum absolute atomic E-state index is 10.3. The molecule has 0 bridgehead atoms. The fourth-order valence-corrected chi connectivity index (χ4v) is 0.469. The predicted octanol–water partition coefficient (Wildman–Crippen LogP) is -0.727. The Morgan fingerprint density at radius 1 is 1.40 bits per heavy atom. The van der Waals surface area contributed by atoms with Gasteiger partial charge in [0.15, 0.2) is 5.69 Å². The number of carboxylic acids is 1. The van der Waals surface area contributed by atoms with Crippen LogP contribution in [0.2, 0.25) is 0 Å². The lowest BCUT2D eigenvalue weighted by Crippen LogP contribution is -2.08. The van der Waals surface area contributed by atoms with Crippen LogP contribution in [0.5, 0.6) is 0 Å². The van der Waals surface area contributed by atoms with E-state index in [-0.39, 0.29) is 11.4 Å².